The maximum atomic E-state index is 12.8. The number of nitrogens with one attached hydrogen (secondary N) is 3. The Balaban J connectivity index is 1.27. The lowest BCUT2D eigenvalue weighted by molar-refractivity contribution is 0.0875. The van der Waals surface area contributed by atoms with Crippen LogP contribution in [0.4, 0.5) is 4.79 Å². The topological polar surface area (TPSA) is 185 Å². The highest BCUT2D eigenvalue weighted by atomic mass is 16.2. The first-order chi connectivity index (χ1) is 22.1. The number of aromatic amines is 1. The quantitative estimate of drug-likeness (QED) is 0.0896. The fourth-order valence-corrected chi connectivity index (χ4v) is 5.82. The average molecular weight is 607 g/mol. The molecule has 0 radical (unpaired) electrons. The van der Waals surface area contributed by atoms with E-state index in [-0.39, 0.29) is 23.6 Å². The number of hydrogen-bond acceptors (Lipinski definition) is 8. The zero-order chi connectivity index (χ0) is 31.0. The molecule has 0 spiro atoms. The monoisotopic (exact) mass is 606 g/mol. The highest BCUT2D eigenvalue weighted by molar-refractivity contribution is 5.74. The van der Waals surface area contributed by atoms with Gasteiger partial charge in [-0.2, -0.15) is 0 Å². The number of nitrogens with zero attached hydrogens (tertiary/aromatic N) is 11. The fourth-order valence-electron chi connectivity index (χ4n) is 5.82. The number of hydrogen-bond donors (Lipinski definition) is 3. The van der Waals surface area contributed by atoms with E-state index in [2.05, 4.69) is 69.8 Å². The summed E-state index contributed by atoms with van der Waals surface area (Å²) in [5, 5.41) is 23.7. The van der Waals surface area contributed by atoms with Gasteiger partial charge in [0.2, 0.25) is 0 Å². The summed E-state index contributed by atoms with van der Waals surface area (Å²) in [7, 11) is 0. The third-order valence-electron chi connectivity index (χ3n) is 7.98. The Labute approximate surface area is 258 Å². The third-order valence-corrected chi connectivity index (χ3v) is 7.98. The molecule has 15 heteroatoms. The predicted molar refractivity (Wildman–Crippen MR) is 166 cm³/mol. The second-order valence-corrected chi connectivity index (χ2v) is 10.8. The van der Waals surface area contributed by atoms with Crippen molar-refractivity contribution in [3.63, 3.8) is 0 Å². The molecule has 0 aliphatic carbocycles. The van der Waals surface area contributed by atoms with Crippen molar-refractivity contribution in [2.75, 3.05) is 39.3 Å². The highest BCUT2D eigenvalue weighted by Gasteiger charge is 2.35. The van der Waals surface area contributed by atoms with Gasteiger partial charge in [-0.25, -0.2) is 19.4 Å². The van der Waals surface area contributed by atoms with E-state index in [9.17, 15) is 4.79 Å². The summed E-state index contributed by atoms with van der Waals surface area (Å²) in [5.74, 6) is 0. The van der Waals surface area contributed by atoms with Crippen molar-refractivity contribution < 1.29 is 4.79 Å². The number of azide groups is 1. The SMILES string of the molecule is [N-]=[N+]=NCCCNC(=O)N1CCN([C@@H](c2ccccc2)[C@@H](c2ccccc2)n2cc(Cn3cnc(=N)c4[nH]cnc43)nn2)CC1. The lowest BCUT2D eigenvalue weighted by Crippen LogP contribution is -2.53. The number of piperazine rings is 1. The molecule has 1 aliphatic rings. The minimum atomic E-state index is -0.208. The molecule has 2 amide bonds. The van der Waals surface area contributed by atoms with E-state index in [1.807, 2.05) is 56.7 Å². The maximum Gasteiger partial charge on any atom is 0.317 e. The van der Waals surface area contributed by atoms with Gasteiger partial charge >= 0.3 is 6.03 Å². The number of amides is 2. The molecule has 15 nitrogen and oxygen atoms in total. The van der Waals surface area contributed by atoms with E-state index in [1.54, 1.807) is 12.7 Å². The Kier molecular flexibility index (Phi) is 9.08. The molecule has 2 aromatic carbocycles. The summed E-state index contributed by atoms with van der Waals surface area (Å²) in [5.41, 5.74) is 12.7. The number of imidazole rings is 1. The number of carbonyl (C=O) groups excluding carboxylic acids is 1. The van der Waals surface area contributed by atoms with Crippen LogP contribution in [0.3, 0.4) is 0 Å². The van der Waals surface area contributed by atoms with Crippen LogP contribution >= 0.6 is 0 Å². The molecule has 1 saturated heterocycles. The lowest BCUT2D eigenvalue weighted by Gasteiger charge is -2.42. The number of rotatable bonds is 11. The van der Waals surface area contributed by atoms with E-state index in [0.29, 0.717) is 63.4 Å². The molecule has 0 saturated carbocycles. The first-order valence-corrected chi connectivity index (χ1v) is 14.8. The van der Waals surface area contributed by atoms with Gasteiger partial charge in [0.1, 0.15) is 11.2 Å². The molecule has 230 valence electrons. The molecule has 0 unspecified atom stereocenters. The average Bonchev–Trinajstić information content (AvgIpc) is 3.77. The fraction of sp³-hybridized carbons (Fsp3) is 0.333. The van der Waals surface area contributed by atoms with Crippen molar-refractivity contribution in [1.82, 2.24) is 49.6 Å². The molecular formula is C30H34N14O. The van der Waals surface area contributed by atoms with Gasteiger partial charge < -0.3 is 19.8 Å². The van der Waals surface area contributed by atoms with Crippen molar-refractivity contribution in [2.45, 2.75) is 25.0 Å². The largest absolute Gasteiger partial charge is 0.340 e. The summed E-state index contributed by atoms with van der Waals surface area (Å²) in [4.78, 5) is 31.4. The zero-order valence-electron chi connectivity index (χ0n) is 24.6. The van der Waals surface area contributed by atoms with Gasteiger partial charge in [0.25, 0.3) is 0 Å². The number of carbonyl (C=O) groups is 1. The normalized spacial score (nSPS) is 15.0. The lowest BCUT2D eigenvalue weighted by atomic mass is 9.91. The maximum absolute atomic E-state index is 12.8. The first kappa shape index (κ1) is 29.5. The van der Waals surface area contributed by atoms with Crippen molar-refractivity contribution in [2.24, 2.45) is 5.11 Å². The standard InChI is InChI=1S/C30H34N14O/c31-28-25-29(35-20-34-25)43(21-36-28)18-24-19-44(40-38-24)27(23-10-5-2-6-11-23)26(22-8-3-1-4-9-22)41-14-16-42(17-15-41)30(45)33-12-7-13-37-39-32/h1-6,8-11,19-21,26-27,31H,7,12-18H2,(H,33,45)(H,34,35)/t26-,27+/m0/s1. The molecule has 0 bridgehead atoms. The van der Waals surface area contributed by atoms with Crippen LogP contribution in [0.2, 0.25) is 0 Å². The van der Waals surface area contributed by atoms with E-state index in [1.165, 1.54) is 0 Å². The van der Waals surface area contributed by atoms with Crippen LogP contribution in [0.15, 0.2) is 84.6 Å². The van der Waals surface area contributed by atoms with E-state index in [4.69, 9.17) is 10.9 Å². The number of aromatic nitrogens is 7. The molecule has 1 aliphatic heterocycles. The Morgan fingerprint density at radius 2 is 1.73 bits per heavy atom. The Bertz CT molecular complexity index is 1820. The van der Waals surface area contributed by atoms with Crippen LogP contribution in [0.1, 0.15) is 35.3 Å². The number of benzene rings is 2. The van der Waals surface area contributed by atoms with Crippen molar-refractivity contribution in [3.05, 3.63) is 112 Å². The second kappa shape index (κ2) is 13.8. The molecule has 6 rings (SSSR count). The van der Waals surface area contributed by atoms with Crippen molar-refractivity contribution >= 4 is 17.2 Å². The van der Waals surface area contributed by atoms with Crippen LogP contribution in [-0.2, 0) is 6.54 Å². The molecule has 1 fully saturated rings. The molecule has 45 heavy (non-hydrogen) atoms. The zero-order valence-corrected chi connectivity index (χ0v) is 24.6. The number of H-pyrrole nitrogens is 1. The minimum Gasteiger partial charge on any atom is -0.340 e. The van der Waals surface area contributed by atoms with Gasteiger partial charge in [0, 0.05) is 44.2 Å². The third kappa shape index (κ3) is 6.69. The summed E-state index contributed by atoms with van der Waals surface area (Å²) < 4.78 is 3.78. The summed E-state index contributed by atoms with van der Waals surface area (Å²) in [6, 6.07) is 20.3. The van der Waals surface area contributed by atoms with Gasteiger partial charge in [-0.15, -0.1) is 5.10 Å². The van der Waals surface area contributed by atoms with Crippen LogP contribution in [0.25, 0.3) is 21.6 Å². The minimum absolute atomic E-state index is 0.0906. The Morgan fingerprint density at radius 3 is 2.44 bits per heavy atom. The summed E-state index contributed by atoms with van der Waals surface area (Å²) in [6.45, 7) is 3.71. The van der Waals surface area contributed by atoms with Crippen LogP contribution in [0.5, 0.6) is 0 Å². The van der Waals surface area contributed by atoms with E-state index >= 15 is 0 Å². The molecule has 3 aromatic heterocycles. The van der Waals surface area contributed by atoms with Gasteiger partial charge in [-0.1, -0.05) is 71.0 Å². The van der Waals surface area contributed by atoms with Gasteiger partial charge in [-0.3, -0.25) is 10.3 Å². The summed E-state index contributed by atoms with van der Waals surface area (Å²) in [6.07, 6.45) is 5.72. The van der Waals surface area contributed by atoms with E-state index in [0.717, 1.165) is 16.8 Å². The molecular weight excluding hydrogens is 572 g/mol. The Morgan fingerprint density at radius 1 is 1.02 bits per heavy atom. The molecule has 4 heterocycles. The number of fused-ring (bicyclic) bond motifs is 1. The molecule has 5 aromatic rings. The van der Waals surface area contributed by atoms with Crippen LogP contribution in [0, 0.1) is 5.41 Å². The van der Waals surface area contributed by atoms with Crippen LogP contribution < -0.4 is 10.8 Å². The predicted octanol–water partition coefficient (Wildman–Crippen LogP) is 3.24. The molecule has 3 N–H and O–H groups in total. The Hall–Kier alpha value is -5.53. The molecule has 2 atom stereocenters. The van der Waals surface area contributed by atoms with Gasteiger partial charge in [0.05, 0.1) is 37.5 Å². The second-order valence-electron chi connectivity index (χ2n) is 10.8. The smallest absolute Gasteiger partial charge is 0.317 e. The highest BCUT2D eigenvalue weighted by Crippen LogP contribution is 2.37. The van der Waals surface area contributed by atoms with Gasteiger partial charge in [-0.05, 0) is 23.1 Å². The van der Waals surface area contributed by atoms with Crippen molar-refractivity contribution in [1.29, 1.82) is 5.41 Å². The van der Waals surface area contributed by atoms with Crippen molar-refractivity contribution in [3.8, 4) is 0 Å². The van der Waals surface area contributed by atoms with Gasteiger partial charge in [0.15, 0.2) is 11.1 Å². The van der Waals surface area contributed by atoms with Crippen LogP contribution in [-0.4, -0.2) is 89.6 Å². The van der Waals surface area contributed by atoms with E-state index < -0.39 is 0 Å². The number of urea groups is 1. The first-order valence-electron chi connectivity index (χ1n) is 14.8. The summed E-state index contributed by atoms with van der Waals surface area (Å²) >= 11 is 0.